The lowest BCUT2D eigenvalue weighted by Gasteiger charge is -2.09. The lowest BCUT2D eigenvalue weighted by molar-refractivity contribution is -0.116. The molecule has 0 fully saturated rings. The van der Waals surface area contributed by atoms with E-state index in [0.717, 1.165) is 11.1 Å². The number of hydrogen-bond donors (Lipinski definition) is 1. The normalized spacial score (nSPS) is 12.1. The fraction of sp³-hybridized carbons (Fsp3) is 0.250. The van der Waals surface area contributed by atoms with E-state index in [-0.39, 0.29) is 11.0 Å². The zero-order chi connectivity index (χ0) is 10.6. The van der Waals surface area contributed by atoms with Gasteiger partial charge in [0.25, 0.3) is 0 Å². The van der Waals surface area contributed by atoms with Crippen molar-refractivity contribution in [1.29, 1.82) is 0 Å². The van der Waals surface area contributed by atoms with Crippen LogP contribution in [0.2, 0.25) is 0 Å². The first-order valence-corrected chi connectivity index (χ1v) is 5.04. The van der Waals surface area contributed by atoms with Crippen molar-refractivity contribution in [3.05, 3.63) is 42.5 Å². The van der Waals surface area contributed by atoms with Crippen LogP contribution in [0, 0.1) is 0 Å². The zero-order valence-electron chi connectivity index (χ0n) is 8.23. The van der Waals surface area contributed by atoms with Crippen LogP contribution >= 0.6 is 12.6 Å². The topological polar surface area (TPSA) is 17.1 Å². The second-order valence-corrected chi connectivity index (χ2v) is 3.92. The van der Waals surface area contributed by atoms with E-state index < -0.39 is 0 Å². The van der Waals surface area contributed by atoms with E-state index in [9.17, 15) is 4.79 Å². The van der Waals surface area contributed by atoms with Crippen LogP contribution in [0.25, 0.3) is 5.57 Å². The highest BCUT2D eigenvalue weighted by atomic mass is 32.1. The van der Waals surface area contributed by atoms with Crippen molar-refractivity contribution in [2.75, 3.05) is 0 Å². The second kappa shape index (κ2) is 5.01. The Hall–Kier alpha value is -1.02. The van der Waals surface area contributed by atoms with E-state index in [1.165, 1.54) is 0 Å². The molecule has 0 heterocycles. The van der Waals surface area contributed by atoms with Gasteiger partial charge in [-0.15, -0.1) is 0 Å². The third-order valence-electron chi connectivity index (χ3n) is 2.09. The Kier molecular flexibility index (Phi) is 3.96. The summed E-state index contributed by atoms with van der Waals surface area (Å²) in [6.45, 7) is 5.50. The molecule has 0 amide bonds. The molecule has 0 aromatic heterocycles. The van der Waals surface area contributed by atoms with Gasteiger partial charge in [-0.3, -0.25) is 4.79 Å². The van der Waals surface area contributed by atoms with E-state index in [1.54, 1.807) is 6.92 Å². The Labute approximate surface area is 90.2 Å². The summed E-state index contributed by atoms with van der Waals surface area (Å²) in [5, 5.41) is -0.234. The minimum atomic E-state index is -0.234. The molecule has 14 heavy (non-hydrogen) atoms. The van der Waals surface area contributed by atoms with Crippen molar-refractivity contribution < 1.29 is 4.79 Å². The summed E-state index contributed by atoms with van der Waals surface area (Å²) in [4.78, 5) is 11.0. The summed E-state index contributed by atoms with van der Waals surface area (Å²) in [5.41, 5.74) is 2.04. The first kappa shape index (κ1) is 11.1. The molecule has 2 heteroatoms. The SMILES string of the molecule is C=C(CC(S)C(C)=O)c1ccccc1. The largest absolute Gasteiger partial charge is 0.299 e. The van der Waals surface area contributed by atoms with Gasteiger partial charge < -0.3 is 0 Å². The van der Waals surface area contributed by atoms with Crippen molar-refractivity contribution in [3.8, 4) is 0 Å². The molecule has 1 atom stereocenters. The fourth-order valence-electron chi connectivity index (χ4n) is 1.17. The van der Waals surface area contributed by atoms with Crippen LogP contribution in [0.5, 0.6) is 0 Å². The monoisotopic (exact) mass is 206 g/mol. The summed E-state index contributed by atoms with van der Waals surface area (Å²) >= 11 is 4.20. The number of hydrogen-bond acceptors (Lipinski definition) is 2. The molecule has 0 N–H and O–H groups in total. The average Bonchev–Trinajstić information content (AvgIpc) is 2.19. The maximum atomic E-state index is 11.0. The average molecular weight is 206 g/mol. The van der Waals surface area contributed by atoms with Crippen LogP contribution in [0.3, 0.4) is 0 Å². The molecule has 0 aliphatic rings. The number of allylic oxidation sites excluding steroid dienone is 1. The van der Waals surface area contributed by atoms with Crippen molar-refractivity contribution in [3.63, 3.8) is 0 Å². The van der Waals surface area contributed by atoms with Crippen molar-refractivity contribution in [2.45, 2.75) is 18.6 Å². The highest BCUT2D eigenvalue weighted by Gasteiger charge is 2.10. The van der Waals surface area contributed by atoms with E-state index in [0.29, 0.717) is 6.42 Å². The van der Waals surface area contributed by atoms with E-state index in [4.69, 9.17) is 0 Å². The molecule has 1 nitrogen and oxygen atoms in total. The van der Waals surface area contributed by atoms with Crippen LogP contribution in [0.4, 0.5) is 0 Å². The maximum Gasteiger partial charge on any atom is 0.142 e. The predicted molar refractivity (Wildman–Crippen MR) is 63.5 cm³/mol. The molecular formula is C12H14OS. The molecule has 74 valence electrons. The second-order valence-electron chi connectivity index (χ2n) is 3.30. The minimum absolute atomic E-state index is 0.0883. The molecule has 0 aliphatic heterocycles. The first-order valence-electron chi connectivity index (χ1n) is 4.53. The summed E-state index contributed by atoms with van der Waals surface area (Å²) in [7, 11) is 0. The number of ketones is 1. The highest BCUT2D eigenvalue weighted by Crippen LogP contribution is 2.20. The molecule has 1 aromatic rings. The molecule has 1 aromatic carbocycles. The van der Waals surface area contributed by atoms with Gasteiger partial charge in [-0.1, -0.05) is 36.9 Å². The van der Waals surface area contributed by atoms with Crippen LogP contribution in [0.15, 0.2) is 36.9 Å². The van der Waals surface area contributed by atoms with Gasteiger partial charge in [0, 0.05) is 0 Å². The summed E-state index contributed by atoms with van der Waals surface area (Å²) in [6, 6.07) is 9.86. The summed E-state index contributed by atoms with van der Waals surface area (Å²) in [6.07, 6.45) is 0.614. The van der Waals surface area contributed by atoms with Crippen molar-refractivity contribution in [1.82, 2.24) is 0 Å². The summed E-state index contributed by atoms with van der Waals surface area (Å²) < 4.78 is 0. The Bertz CT molecular complexity index is 329. The zero-order valence-corrected chi connectivity index (χ0v) is 9.13. The smallest absolute Gasteiger partial charge is 0.142 e. The van der Waals surface area contributed by atoms with Gasteiger partial charge in [-0.25, -0.2) is 0 Å². The maximum absolute atomic E-state index is 11.0. The Morgan fingerprint density at radius 2 is 2.00 bits per heavy atom. The summed E-state index contributed by atoms with van der Waals surface area (Å²) in [5.74, 6) is 0.0883. The number of carbonyl (C=O) groups excluding carboxylic acids is 1. The van der Waals surface area contributed by atoms with Crippen molar-refractivity contribution in [2.24, 2.45) is 0 Å². The first-order chi connectivity index (χ1) is 6.61. The third-order valence-corrected chi connectivity index (χ3v) is 2.64. The Balaban J connectivity index is 2.64. The lowest BCUT2D eigenvalue weighted by Crippen LogP contribution is -2.10. The molecule has 1 unspecified atom stereocenters. The number of thiol groups is 1. The van der Waals surface area contributed by atoms with Crippen LogP contribution in [-0.2, 0) is 4.79 Å². The van der Waals surface area contributed by atoms with Gasteiger partial charge in [-0.2, -0.15) is 12.6 Å². The quantitative estimate of drug-likeness (QED) is 0.749. The minimum Gasteiger partial charge on any atom is -0.299 e. The van der Waals surface area contributed by atoms with Gasteiger partial charge in [-0.05, 0) is 24.5 Å². The van der Waals surface area contributed by atoms with Crippen molar-refractivity contribution >= 4 is 24.0 Å². The number of Topliss-reactive ketones (excluding diaryl/α,β-unsaturated/α-hetero) is 1. The number of rotatable bonds is 4. The molecule has 1 rings (SSSR count). The molecule has 0 saturated carbocycles. The third kappa shape index (κ3) is 3.04. The van der Waals surface area contributed by atoms with E-state index >= 15 is 0 Å². The van der Waals surface area contributed by atoms with Gasteiger partial charge in [0.2, 0.25) is 0 Å². The van der Waals surface area contributed by atoms with Crippen LogP contribution in [-0.4, -0.2) is 11.0 Å². The van der Waals surface area contributed by atoms with E-state index in [1.807, 2.05) is 30.3 Å². The molecule has 0 spiro atoms. The Morgan fingerprint density at radius 1 is 1.43 bits per heavy atom. The molecular weight excluding hydrogens is 192 g/mol. The number of benzene rings is 1. The van der Waals surface area contributed by atoms with Crippen LogP contribution < -0.4 is 0 Å². The lowest BCUT2D eigenvalue weighted by atomic mass is 10.0. The molecule has 0 aliphatic carbocycles. The van der Waals surface area contributed by atoms with Crippen LogP contribution in [0.1, 0.15) is 18.9 Å². The standard InChI is InChI=1S/C12H14OS/c1-9(8-12(14)10(2)13)11-6-4-3-5-7-11/h3-7,12,14H,1,8H2,2H3. The van der Waals surface area contributed by atoms with Gasteiger partial charge in [0.05, 0.1) is 5.25 Å². The van der Waals surface area contributed by atoms with Gasteiger partial charge in [0.15, 0.2) is 0 Å². The molecule has 0 bridgehead atoms. The highest BCUT2D eigenvalue weighted by molar-refractivity contribution is 7.81. The molecule has 0 radical (unpaired) electrons. The van der Waals surface area contributed by atoms with E-state index in [2.05, 4.69) is 19.2 Å². The number of carbonyl (C=O) groups is 1. The van der Waals surface area contributed by atoms with Gasteiger partial charge >= 0.3 is 0 Å². The Morgan fingerprint density at radius 3 is 2.50 bits per heavy atom. The molecule has 0 saturated heterocycles. The fourth-order valence-corrected chi connectivity index (χ4v) is 1.39. The van der Waals surface area contributed by atoms with Gasteiger partial charge in [0.1, 0.15) is 5.78 Å². The predicted octanol–water partition coefficient (Wildman–Crippen LogP) is 2.98.